The van der Waals surface area contributed by atoms with Gasteiger partial charge in [0, 0.05) is 5.56 Å². The minimum atomic E-state index is 0.385. The molecule has 0 bridgehead atoms. The first-order valence-corrected chi connectivity index (χ1v) is 10.7. The topological polar surface area (TPSA) is 51.9 Å². The van der Waals surface area contributed by atoms with Crippen molar-refractivity contribution in [1.29, 1.82) is 10.5 Å². The highest BCUT2D eigenvalue weighted by Crippen LogP contribution is 2.33. The summed E-state index contributed by atoms with van der Waals surface area (Å²) < 4.78 is 0. The largest absolute Gasteiger partial charge is 0.312 e. The monoisotopic (exact) mass is 423 g/mol. The molecule has 4 aromatic rings. The van der Waals surface area contributed by atoms with Gasteiger partial charge in [0.05, 0.1) is 25.0 Å². The van der Waals surface area contributed by atoms with E-state index in [1.165, 1.54) is 0 Å². The normalized spacial score (nSPS) is 10.1. The van der Waals surface area contributed by atoms with Gasteiger partial charge >= 0.3 is 0 Å². The molecule has 0 saturated carbocycles. The summed E-state index contributed by atoms with van der Waals surface area (Å²) in [5, 5.41) is 17.9. The molecule has 0 unspecified atom stereocenters. The van der Waals surface area contributed by atoms with Crippen molar-refractivity contribution in [3.63, 3.8) is 0 Å². The molecule has 0 fully saturated rings. The standard InChI is InChI=1S/C30H21N3/c1-33-21-24-6-12-27(13-7-24)30-19-28(25-8-2-22(3-9-25)14-16-31)18-29(20-30)26-10-4-23(5-11-26)15-17-32/h2-13,18-20H,14-15,21H2. The molecule has 0 saturated heterocycles. The lowest BCUT2D eigenvalue weighted by molar-refractivity contribution is 1.26. The van der Waals surface area contributed by atoms with Gasteiger partial charge in [-0.25, -0.2) is 6.57 Å². The molecular formula is C30H21N3. The van der Waals surface area contributed by atoms with E-state index in [-0.39, 0.29) is 0 Å². The van der Waals surface area contributed by atoms with Gasteiger partial charge in [0.15, 0.2) is 0 Å². The first-order chi connectivity index (χ1) is 16.2. The lowest BCUT2D eigenvalue weighted by Crippen LogP contribution is -1.88. The Morgan fingerprint density at radius 3 is 1.15 bits per heavy atom. The van der Waals surface area contributed by atoms with Crippen molar-refractivity contribution < 1.29 is 0 Å². The smallest absolute Gasteiger partial charge is 0.239 e. The van der Waals surface area contributed by atoms with Gasteiger partial charge in [-0.1, -0.05) is 72.8 Å². The quantitative estimate of drug-likeness (QED) is 0.307. The van der Waals surface area contributed by atoms with Crippen molar-refractivity contribution in [3.8, 4) is 45.5 Å². The van der Waals surface area contributed by atoms with Crippen LogP contribution in [0, 0.1) is 29.2 Å². The van der Waals surface area contributed by atoms with Crippen LogP contribution in [-0.2, 0) is 19.4 Å². The summed E-state index contributed by atoms with van der Waals surface area (Å²) in [6.45, 7) is 7.46. The van der Waals surface area contributed by atoms with Gasteiger partial charge in [0.1, 0.15) is 0 Å². The van der Waals surface area contributed by atoms with E-state index >= 15 is 0 Å². The van der Waals surface area contributed by atoms with Crippen molar-refractivity contribution in [2.24, 2.45) is 0 Å². The minimum absolute atomic E-state index is 0.385. The van der Waals surface area contributed by atoms with Gasteiger partial charge < -0.3 is 4.85 Å². The van der Waals surface area contributed by atoms with Gasteiger partial charge in [-0.2, -0.15) is 10.5 Å². The van der Waals surface area contributed by atoms with Crippen LogP contribution in [0.15, 0.2) is 91.0 Å². The molecule has 0 spiro atoms. The van der Waals surface area contributed by atoms with E-state index in [9.17, 15) is 0 Å². The van der Waals surface area contributed by atoms with Crippen molar-refractivity contribution in [1.82, 2.24) is 0 Å². The number of hydrogen-bond donors (Lipinski definition) is 0. The number of rotatable bonds is 6. The number of hydrogen-bond acceptors (Lipinski definition) is 2. The Bertz CT molecular complexity index is 1190. The van der Waals surface area contributed by atoms with Crippen LogP contribution in [0.25, 0.3) is 38.2 Å². The third-order valence-electron chi connectivity index (χ3n) is 5.62. The van der Waals surface area contributed by atoms with Crippen LogP contribution in [0.4, 0.5) is 0 Å². The summed E-state index contributed by atoms with van der Waals surface area (Å²) in [6.07, 6.45) is 0.801. The second-order valence-corrected chi connectivity index (χ2v) is 7.88. The summed E-state index contributed by atoms with van der Waals surface area (Å²) in [4.78, 5) is 3.47. The van der Waals surface area contributed by atoms with Gasteiger partial charge in [-0.3, -0.25) is 0 Å². The molecule has 0 amide bonds. The summed E-state index contributed by atoms with van der Waals surface area (Å²) in [5.41, 5.74) is 9.56. The van der Waals surface area contributed by atoms with E-state index in [1.807, 2.05) is 36.4 Å². The average Bonchev–Trinajstić information content (AvgIpc) is 2.86. The molecule has 0 heterocycles. The van der Waals surface area contributed by atoms with Gasteiger partial charge in [0.25, 0.3) is 0 Å². The van der Waals surface area contributed by atoms with Gasteiger partial charge in [0.2, 0.25) is 6.54 Å². The van der Waals surface area contributed by atoms with Crippen LogP contribution in [0.5, 0.6) is 0 Å². The Balaban J connectivity index is 1.79. The SMILES string of the molecule is [C-]#[N+]Cc1ccc(-c2cc(-c3ccc(CC#N)cc3)cc(-c3ccc(CC#N)cc3)c2)cc1. The lowest BCUT2D eigenvalue weighted by Gasteiger charge is -2.12. The highest BCUT2D eigenvalue weighted by Gasteiger charge is 2.09. The summed E-state index contributed by atoms with van der Waals surface area (Å²) in [5.74, 6) is 0. The summed E-state index contributed by atoms with van der Waals surface area (Å²) in [6, 6.07) is 35.3. The Kier molecular flexibility index (Phi) is 6.61. The van der Waals surface area contributed by atoms with Crippen molar-refractivity contribution in [2.45, 2.75) is 19.4 Å². The molecule has 0 aliphatic heterocycles. The van der Waals surface area contributed by atoms with Gasteiger partial charge in [-0.15, -0.1) is 0 Å². The molecule has 4 rings (SSSR count). The van der Waals surface area contributed by atoms with E-state index < -0.39 is 0 Å². The van der Waals surface area contributed by atoms with Crippen molar-refractivity contribution in [2.75, 3.05) is 0 Å². The third-order valence-corrected chi connectivity index (χ3v) is 5.62. The predicted molar refractivity (Wildman–Crippen MR) is 132 cm³/mol. The fourth-order valence-electron chi connectivity index (χ4n) is 3.83. The van der Waals surface area contributed by atoms with E-state index in [0.717, 1.165) is 50.1 Å². The molecule has 0 atom stereocenters. The van der Waals surface area contributed by atoms with Crippen molar-refractivity contribution >= 4 is 0 Å². The second kappa shape index (κ2) is 10.1. The summed E-state index contributed by atoms with van der Waals surface area (Å²) >= 11 is 0. The summed E-state index contributed by atoms with van der Waals surface area (Å²) in [7, 11) is 0. The van der Waals surface area contributed by atoms with E-state index in [1.54, 1.807) is 0 Å². The lowest BCUT2D eigenvalue weighted by atomic mass is 9.92. The highest BCUT2D eigenvalue weighted by atomic mass is 14.6. The van der Waals surface area contributed by atoms with Crippen LogP contribution in [0.1, 0.15) is 16.7 Å². The molecule has 3 nitrogen and oxygen atoms in total. The fraction of sp³-hybridized carbons (Fsp3) is 0.100. The maximum absolute atomic E-state index is 8.95. The Morgan fingerprint density at radius 1 is 0.515 bits per heavy atom. The van der Waals surface area contributed by atoms with Crippen molar-refractivity contribution in [3.05, 3.63) is 119 Å². The number of nitriles is 2. The van der Waals surface area contributed by atoms with Crippen LogP contribution >= 0.6 is 0 Å². The zero-order valence-corrected chi connectivity index (χ0v) is 18.1. The number of nitrogens with zero attached hydrogens (tertiary/aromatic N) is 3. The average molecular weight is 424 g/mol. The first-order valence-electron chi connectivity index (χ1n) is 10.7. The molecule has 33 heavy (non-hydrogen) atoms. The maximum atomic E-state index is 8.95. The highest BCUT2D eigenvalue weighted by molar-refractivity contribution is 5.81. The molecule has 3 heteroatoms. The fourth-order valence-corrected chi connectivity index (χ4v) is 3.83. The Hall–Kier alpha value is -4.65. The predicted octanol–water partition coefficient (Wildman–Crippen LogP) is 7.24. The molecule has 0 aliphatic carbocycles. The molecule has 0 radical (unpaired) electrons. The molecule has 0 N–H and O–H groups in total. The first kappa shape index (κ1) is 21.6. The molecule has 156 valence electrons. The van der Waals surface area contributed by atoms with E-state index in [2.05, 4.69) is 71.6 Å². The number of benzene rings is 4. The maximum Gasteiger partial charge on any atom is 0.239 e. The third kappa shape index (κ3) is 5.16. The zero-order valence-electron chi connectivity index (χ0n) is 18.1. The second-order valence-electron chi connectivity index (χ2n) is 7.88. The van der Waals surface area contributed by atoms with Crippen LogP contribution < -0.4 is 0 Å². The molecular weight excluding hydrogens is 402 g/mol. The van der Waals surface area contributed by atoms with Gasteiger partial charge in [-0.05, 0) is 62.7 Å². The molecule has 4 aromatic carbocycles. The van der Waals surface area contributed by atoms with Crippen LogP contribution in [-0.4, -0.2) is 0 Å². The Morgan fingerprint density at radius 2 is 0.848 bits per heavy atom. The minimum Gasteiger partial charge on any atom is -0.312 e. The van der Waals surface area contributed by atoms with E-state index in [4.69, 9.17) is 17.1 Å². The molecule has 0 aromatic heterocycles. The Labute approximate surface area is 194 Å². The molecule has 0 aliphatic rings. The van der Waals surface area contributed by atoms with E-state index in [0.29, 0.717) is 19.4 Å². The zero-order chi connectivity index (χ0) is 23.0. The van der Waals surface area contributed by atoms with Crippen LogP contribution in [0.2, 0.25) is 0 Å². The van der Waals surface area contributed by atoms with Crippen LogP contribution in [0.3, 0.4) is 0 Å².